The summed E-state index contributed by atoms with van der Waals surface area (Å²) >= 11 is 0. The Morgan fingerprint density at radius 3 is 2.57 bits per heavy atom. The van der Waals surface area contributed by atoms with Crippen molar-refractivity contribution in [1.29, 1.82) is 0 Å². The number of carbonyl (C=O) groups is 2. The first-order chi connectivity index (χ1) is 14.5. The first-order valence-corrected chi connectivity index (χ1v) is 9.83. The zero-order valence-corrected chi connectivity index (χ0v) is 17.0. The summed E-state index contributed by atoms with van der Waals surface area (Å²) in [5.41, 5.74) is -0.551. The molecule has 30 heavy (non-hydrogen) atoms. The van der Waals surface area contributed by atoms with Crippen molar-refractivity contribution in [2.24, 2.45) is 0 Å². The highest BCUT2D eigenvalue weighted by atomic mass is 16.5. The van der Waals surface area contributed by atoms with Crippen LogP contribution >= 0.6 is 0 Å². The van der Waals surface area contributed by atoms with Gasteiger partial charge in [-0.3, -0.25) is 9.69 Å². The Morgan fingerprint density at radius 1 is 1.07 bits per heavy atom. The fraction of sp³-hybridized carbons (Fsp3) is 0.364. The van der Waals surface area contributed by atoms with Gasteiger partial charge >= 0.3 is 6.03 Å². The average molecular weight is 412 g/mol. The van der Waals surface area contributed by atoms with E-state index in [1.807, 2.05) is 12.1 Å². The minimum Gasteiger partial charge on any atom is -0.493 e. The predicted octanol–water partition coefficient (Wildman–Crippen LogP) is 2.70. The summed E-state index contributed by atoms with van der Waals surface area (Å²) in [7, 11) is 1.56. The normalized spacial score (nSPS) is 20.5. The van der Waals surface area contributed by atoms with Crippen LogP contribution < -0.4 is 24.3 Å². The molecule has 1 N–H and O–H groups in total. The number of benzene rings is 2. The van der Waals surface area contributed by atoms with Crippen LogP contribution in [-0.2, 0) is 10.3 Å². The molecule has 2 aliphatic rings. The van der Waals surface area contributed by atoms with Gasteiger partial charge in [0.15, 0.2) is 23.0 Å². The molecule has 2 heterocycles. The van der Waals surface area contributed by atoms with Crippen molar-refractivity contribution in [2.75, 3.05) is 33.5 Å². The molecule has 3 amide bonds. The highest BCUT2D eigenvalue weighted by Gasteiger charge is 2.49. The molecule has 0 aromatic heterocycles. The number of fused-ring (bicyclic) bond motifs is 1. The van der Waals surface area contributed by atoms with Crippen molar-refractivity contribution in [1.82, 2.24) is 10.2 Å². The molecule has 0 unspecified atom stereocenters. The summed E-state index contributed by atoms with van der Waals surface area (Å²) in [5, 5.41) is 2.80. The Morgan fingerprint density at radius 2 is 1.80 bits per heavy atom. The van der Waals surface area contributed by atoms with Crippen molar-refractivity contribution in [3.63, 3.8) is 0 Å². The first-order valence-electron chi connectivity index (χ1n) is 9.83. The van der Waals surface area contributed by atoms with Gasteiger partial charge in [0.2, 0.25) is 0 Å². The molecule has 2 aromatic carbocycles. The van der Waals surface area contributed by atoms with E-state index in [0.717, 1.165) is 6.42 Å². The molecular weight excluding hydrogens is 388 g/mol. The monoisotopic (exact) mass is 412 g/mol. The molecule has 1 saturated heterocycles. The third-order valence-electron chi connectivity index (χ3n) is 5.24. The van der Waals surface area contributed by atoms with Crippen LogP contribution in [0.3, 0.4) is 0 Å². The molecule has 0 bridgehead atoms. The lowest BCUT2D eigenvalue weighted by Gasteiger charge is -2.23. The second-order valence-electron chi connectivity index (χ2n) is 7.22. The molecule has 158 valence electrons. The molecule has 2 aromatic rings. The number of carbonyl (C=O) groups excluding carboxylic acids is 2. The van der Waals surface area contributed by atoms with Crippen LogP contribution in [0.15, 0.2) is 42.5 Å². The summed E-state index contributed by atoms with van der Waals surface area (Å²) in [4.78, 5) is 26.8. The van der Waals surface area contributed by atoms with E-state index in [1.165, 1.54) is 4.90 Å². The number of nitrogens with one attached hydrogen (secondary N) is 1. The van der Waals surface area contributed by atoms with Crippen LogP contribution in [0.1, 0.15) is 18.9 Å². The third-order valence-corrected chi connectivity index (χ3v) is 5.24. The van der Waals surface area contributed by atoms with Gasteiger partial charge in [-0.25, -0.2) is 4.79 Å². The van der Waals surface area contributed by atoms with Crippen LogP contribution in [0, 0.1) is 0 Å². The second kappa shape index (κ2) is 8.14. The van der Waals surface area contributed by atoms with E-state index in [2.05, 4.69) is 5.32 Å². The molecule has 1 atom stereocenters. The zero-order chi connectivity index (χ0) is 21.1. The van der Waals surface area contributed by atoms with Gasteiger partial charge in [0, 0.05) is 6.42 Å². The van der Waals surface area contributed by atoms with Gasteiger partial charge in [0.25, 0.3) is 5.91 Å². The van der Waals surface area contributed by atoms with E-state index in [4.69, 9.17) is 18.9 Å². The Balaban J connectivity index is 1.47. The van der Waals surface area contributed by atoms with Crippen LogP contribution in [0.2, 0.25) is 0 Å². The number of ether oxygens (including phenoxy) is 4. The Bertz CT molecular complexity index is 962. The maximum atomic E-state index is 13.1. The fourth-order valence-corrected chi connectivity index (χ4v) is 3.55. The van der Waals surface area contributed by atoms with Crippen LogP contribution in [-0.4, -0.2) is 50.3 Å². The van der Waals surface area contributed by atoms with Gasteiger partial charge in [-0.2, -0.15) is 0 Å². The maximum Gasteiger partial charge on any atom is 0.325 e. The zero-order valence-electron chi connectivity index (χ0n) is 17.0. The van der Waals surface area contributed by atoms with E-state index >= 15 is 0 Å². The number of rotatable bonds is 6. The Kier molecular flexibility index (Phi) is 5.39. The molecule has 0 radical (unpaired) electrons. The molecule has 4 rings (SSSR count). The molecule has 8 heteroatoms. The first kappa shape index (κ1) is 19.9. The molecule has 0 aliphatic carbocycles. The van der Waals surface area contributed by atoms with Gasteiger partial charge in [-0.15, -0.1) is 0 Å². The highest BCUT2D eigenvalue weighted by Crippen LogP contribution is 2.36. The summed E-state index contributed by atoms with van der Waals surface area (Å²) < 4.78 is 22.3. The van der Waals surface area contributed by atoms with Gasteiger partial charge in [0.05, 0.1) is 26.9 Å². The smallest absolute Gasteiger partial charge is 0.325 e. The van der Waals surface area contributed by atoms with Gasteiger partial charge < -0.3 is 24.3 Å². The van der Waals surface area contributed by atoms with Crippen LogP contribution in [0.25, 0.3) is 0 Å². The molecule has 0 saturated carbocycles. The molecule has 2 aliphatic heterocycles. The van der Waals surface area contributed by atoms with E-state index in [9.17, 15) is 9.59 Å². The SMILES string of the molecule is COc1ccccc1OCCN1C(=O)N[C@@](C)(c2ccc3c(c2)OCCCO3)C1=O. The number of para-hydroxylation sites is 2. The third kappa shape index (κ3) is 3.60. The predicted molar refractivity (Wildman–Crippen MR) is 108 cm³/mol. The maximum absolute atomic E-state index is 13.1. The van der Waals surface area contributed by atoms with E-state index in [-0.39, 0.29) is 19.1 Å². The topological polar surface area (TPSA) is 86.3 Å². The quantitative estimate of drug-likeness (QED) is 0.735. The summed E-state index contributed by atoms with van der Waals surface area (Å²) in [5.74, 6) is 2.01. The standard InChI is InChI=1S/C22H24N2O6/c1-22(15-8-9-18-19(14-15)29-12-5-11-28-18)20(25)24(21(26)23-22)10-13-30-17-7-4-3-6-16(17)27-2/h3-4,6-9,14H,5,10-13H2,1-2H3,(H,23,26)/t22-/m0/s1. The molecule has 1 fully saturated rings. The number of hydrogen-bond acceptors (Lipinski definition) is 6. The minimum absolute atomic E-state index is 0.114. The average Bonchev–Trinajstić information content (AvgIpc) is 2.92. The number of nitrogens with zero attached hydrogens (tertiary/aromatic N) is 1. The highest BCUT2D eigenvalue weighted by molar-refractivity contribution is 6.07. The van der Waals surface area contributed by atoms with Crippen LogP contribution in [0.4, 0.5) is 4.79 Å². The fourth-order valence-electron chi connectivity index (χ4n) is 3.55. The summed E-state index contributed by atoms with van der Waals surface area (Å²) in [6, 6.07) is 12.1. The van der Waals surface area contributed by atoms with Gasteiger partial charge in [0.1, 0.15) is 12.1 Å². The lowest BCUT2D eigenvalue weighted by molar-refractivity contribution is -0.131. The summed E-state index contributed by atoms with van der Waals surface area (Å²) in [6.45, 7) is 3.08. The summed E-state index contributed by atoms with van der Waals surface area (Å²) in [6.07, 6.45) is 0.789. The number of methoxy groups -OCH3 is 1. The lowest BCUT2D eigenvalue weighted by atomic mass is 9.91. The minimum atomic E-state index is -1.19. The van der Waals surface area contributed by atoms with Crippen molar-refractivity contribution in [3.05, 3.63) is 48.0 Å². The molecule has 8 nitrogen and oxygen atoms in total. The molecule has 0 spiro atoms. The second-order valence-corrected chi connectivity index (χ2v) is 7.22. The van der Waals surface area contributed by atoms with Crippen molar-refractivity contribution in [2.45, 2.75) is 18.9 Å². The molecular formula is C22H24N2O6. The Hall–Kier alpha value is -3.42. The van der Waals surface area contributed by atoms with E-state index in [1.54, 1.807) is 44.4 Å². The number of hydrogen-bond donors (Lipinski definition) is 1. The van der Waals surface area contributed by atoms with Crippen molar-refractivity contribution in [3.8, 4) is 23.0 Å². The van der Waals surface area contributed by atoms with E-state index in [0.29, 0.717) is 41.8 Å². The number of amides is 3. The van der Waals surface area contributed by atoms with Gasteiger partial charge in [-0.1, -0.05) is 18.2 Å². The van der Waals surface area contributed by atoms with Crippen molar-refractivity contribution < 1.29 is 28.5 Å². The van der Waals surface area contributed by atoms with E-state index < -0.39 is 11.6 Å². The Labute approximate surface area is 174 Å². The number of imide groups is 1. The van der Waals surface area contributed by atoms with Crippen LogP contribution in [0.5, 0.6) is 23.0 Å². The van der Waals surface area contributed by atoms with Gasteiger partial charge in [-0.05, 0) is 36.8 Å². The largest absolute Gasteiger partial charge is 0.493 e. The van der Waals surface area contributed by atoms with Crippen molar-refractivity contribution >= 4 is 11.9 Å². The number of urea groups is 1. The lowest BCUT2D eigenvalue weighted by Crippen LogP contribution is -2.41.